The van der Waals surface area contributed by atoms with Gasteiger partial charge < -0.3 is 10.2 Å². The second-order valence-electron chi connectivity index (χ2n) is 3.49. The Morgan fingerprint density at radius 2 is 1.53 bits per heavy atom. The van der Waals surface area contributed by atoms with Crippen LogP contribution in [-0.2, 0) is 4.79 Å². The lowest BCUT2D eigenvalue weighted by atomic mass is 10.1. The number of carboxylic acid groups (broad SMARTS) is 1. The van der Waals surface area contributed by atoms with Crippen molar-refractivity contribution in [2.45, 2.75) is 51.4 Å². The minimum Gasteiger partial charge on any atom is -0.481 e. The number of aliphatic carboxylic acids is 1. The number of rotatable bonds is 8. The molecule has 0 spiro atoms. The van der Waals surface area contributed by atoms with Gasteiger partial charge in [0, 0.05) is 25.9 Å². The Balaban J connectivity index is 3.09. The summed E-state index contributed by atoms with van der Waals surface area (Å²) in [5, 5.41) is 16.9. The molecule has 0 fully saturated rings. The predicted molar refractivity (Wildman–Crippen MR) is 59.4 cm³/mol. The molecule has 0 aromatic rings. The van der Waals surface area contributed by atoms with Gasteiger partial charge in [-0.1, -0.05) is 12.8 Å². The van der Waals surface area contributed by atoms with Crippen LogP contribution >= 0.6 is 0 Å². The number of carbonyl (C=O) groups is 1. The van der Waals surface area contributed by atoms with Crippen LogP contribution < -0.4 is 0 Å². The third kappa shape index (κ3) is 13.0. The average Bonchev–Trinajstić information content (AvgIpc) is 2.20. The summed E-state index contributed by atoms with van der Waals surface area (Å²) >= 11 is 0. The van der Waals surface area contributed by atoms with E-state index >= 15 is 0 Å². The molecule has 0 unspecified atom stereocenters. The molecule has 0 aromatic heterocycles. The quantitative estimate of drug-likeness (QED) is 0.479. The maximum absolute atomic E-state index is 10.2. The SMILES string of the molecule is O=C(O)CCCCCCC#CCCCO. The van der Waals surface area contributed by atoms with E-state index in [9.17, 15) is 4.79 Å². The van der Waals surface area contributed by atoms with Crippen LogP contribution in [0, 0.1) is 11.8 Å². The van der Waals surface area contributed by atoms with Gasteiger partial charge in [0.15, 0.2) is 0 Å². The van der Waals surface area contributed by atoms with Gasteiger partial charge in [0.1, 0.15) is 0 Å². The Morgan fingerprint density at radius 3 is 2.13 bits per heavy atom. The van der Waals surface area contributed by atoms with Crippen LogP contribution in [0.1, 0.15) is 51.4 Å². The molecule has 3 nitrogen and oxygen atoms in total. The summed E-state index contributed by atoms with van der Waals surface area (Å²) in [4.78, 5) is 10.2. The average molecular weight is 212 g/mol. The zero-order valence-corrected chi connectivity index (χ0v) is 9.17. The molecule has 0 atom stereocenters. The largest absolute Gasteiger partial charge is 0.481 e. The van der Waals surface area contributed by atoms with E-state index in [-0.39, 0.29) is 13.0 Å². The first kappa shape index (κ1) is 14.0. The maximum Gasteiger partial charge on any atom is 0.303 e. The summed E-state index contributed by atoms with van der Waals surface area (Å²) in [7, 11) is 0. The summed E-state index contributed by atoms with van der Waals surface area (Å²) in [6, 6.07) is 0. The van der Waals surface area contributed by atoms with Crippen LogP contribution in [0.5, 0.6) is 0 Å². The van der Waals surface area contributed by atoms with E-state index in [0.717, 1.165) is 44.9 Å². The minimum absolute atomic E-state index is 0.212. The Bertz CT molecular complexity index is 213. The molecule has 0 bridgehead atoms. The minimum atomic E-state index is -0.709. The Morgan fingerprint density at radius 1 is 0.933 bits per heavy atom. The van der Waals surface area contributed by atoms with Gasteiger partial charge in [-0.15, -0.1) is 11.8 Å². The third-order valence-electron chi connectivity index (χ3n) is 2.03. The fraction of sp³-hybridized carbons (Fsp3) is 0.750. The second kappa shape index (κ2) is 11.1. The van der Waals surface area contributed by atoms with Crippen LogP contribution in [0.25, 0.3) is 0 Å². The van der Waals surface area contributed by atoms with Gasteiger partial charge in [-0.05, 0) is 19.3 Å². The Hall–Kier alpha value is -1.01. The van der Waals surface area contributed by atoms with E-state index in [2.05, 4.69) is 11.8 Å². The van der Waals surface area contributed by atoms with Gasteiger partial charge in [-0.3, -0.25) is 4.79 Å². The number of aliphatic hydroxyl groups excluding tert-OH is 1. The summed E-state index contributed by atoms with van der Waals surface area (Å²) in [5.74, 6) is 5.32. The highest BCUT2D eigenvalue weighted by atomic mass is 16.4. The van der Waals surface area contributed by atoms with Gasteiger partial charge in [-0.2, -0.15) is 0 Å². The molecule has 0 amide bonds. The molecule has 86 valence electrons. The van der Waals surface area contributed by atoms with E-state index in [1.54, 1.807) is 0 Å². The third-order valence-corrected chi connectivity index (χ3v) is 2.03. The van der Waals surface area contributed by atoms with Crippen molar-refractivity contribution in [1.29, 1.82) is 0 Å². The molecule has 0 saturated heterocycles. The summed E-state index contributed by atoms with van der Waals surface area (Å²) in [5.41, 5.74) is 0. The van der Waals surface area contributed by atoms with Crippen molar-refractivity contribution in [2.75, 3.05) is 6.61 Å². The van der Waals surface area contributed by atoms with Gasteiger partial charge in [0.25, 0.3) is 0 Å². The van der Waals surface area contributed by atoms with Crippen LogP contribution in [0.15, 0.2) is 0 Å². The second-order valence-corrected chi connectivity index (χ2v) is 3.49. The highest BCUT2D eigenvalue weighted by Crippen LogP contribution is 2.04. The number of hydrogen-bond donors (Lipinski definition) is 2. The monoisotopic (exact) mass is 212 g/mol. The fourth-order valence-corrected chi connectivity index (χ4v) is 1.19. The number of hydrogen-bond acceptors (Lipinski definition) is 2. The van der Waals surface area contributed by atoms with E-state index in [0.29, 0.717) is 0 Å². The molecule has 0 aromatic carbocycles. The number of unbranched alkanes of at least 4 members (excludes halogenated alkanes) is 5. The summed E-state index contributed by atoms with van der Waals surface area (Å²) in [6.45, 7) is 0.212. The van der Waals surface area contributed by atoms with E-state index in [1.165, 1.54) is 0 Å². The molecule has 0 heterocycles. The molecule has 0 radical (unpaired) electrons. The normalized spacial score (nSPS) is 9.40. The lowest BCUT2D eigenvalue weighted by molar-refractivity contribution is -0.137. The molecule has 2 N–H and O–H groups in total. The van der Waals surface area contributed by atoms with Crippen molar-refractivity contribution in [1.82, 2.24) is 0 Å². The summed E-state index contributed by atoms with van der Waals surface area (Å²) < 4.78 is 0. The first-order valence-corrected chi connectivity index (χ1v) is 5.55. The molecule has 0 rings (SSSR count). The van der Waals surface area contributed by atoms with Crippen LogP contribution in [0.4, 0.5) is 0 Å². The van der Waals surface area contributed by atoms with Crippen LogP contribution in [0.3, 0.4) is 0 Å². The molecule has 15 heavy (non-hydrogen) atoms. The zero-order chi connectivity index (χ0) is 11.4. The number of carboxylic acids is 1. The number of aliphatic hydroxyl groups is 1. The van der Waals surface area contributed by atoms with E-state index < -0.39 is 5.97 Å². The molecule has 3 heteroatoms. The van der Waals surface area contributed by atoms with E-state index in [4.69, 9.17) is 10.2 Å². The Kier molecular flexibility index (Phi) is 10.3. The first-order valence-electron chi connectivity index (χ1n) is 5.55. The highest BCUT2D eigenvalue weighted by Gasteiger charge is 1.95. The predicted octanol–water partition coefficient (Wildman–Crippen LogP) is 2.19. The highest BCUT2D eigenvalue weighted by molar-refractivity contribution is 5.66. The van der Waals surface area contributed by atoms with Crippen molar-refractivity contribution in [2.24, 2.45) is 0 Å². The van der Waals surface area contributed by atoms with Gasteiger partial charge in [-0.25, -0.2) is 0 Å². The zero-order valence-electron chi connectivity index (χ0n) is 9.17. The van der Waals surface area contributed by atoms with Crippen molar-refractivity contribution in [3.8, 4) is 11.8 Å². The van der Waals surface area contributed by atoms with Crippen molar-refractivity contribution in [3.63, 3.8) is 0 Å². The van der Waals surface area contributed by atoms with E-state index in [1.807, 2.05) is 0 Å². The summed E-state index contributed by atoms with van der Waals surface area (Å²) in [6.07, 6.45) is 6.55. The van der Waals surface area contributed by atoms with Gasteiger partial charge in [0.2, 0.25) is 0 Å². The fourth-order valence-electron chi connectivity index (χ4n) is 1.19. The smallest absolute Gasteiger partial charge is 0.303 e. The van der Waals surface area contributed by atoms with Crippen molar-refractivity contribution >= 4 is 5.97 Å². The topological polar surface area (TPSA) is 57.5 Å². The Labute approximate surface area is 91.5 Å². The lowest BCUT2D eigenvalue weighted by Gasteiger charge is -1.95. The molecule has 0 aliphatic rings. The van der Waals surface area contributed by atoms with Crippen LogP contribution in [-0.4, -0.2) is 22.8 Å². The standard InChI is InChI=1S/C12H20O3/c13-11-9-7-5-3-1-2-4-6-8-10-12(14)15/h13H,1-2,4,6-11H2,(H,14,15). The maximum atomic E-state index is 10.2. The van der Waals surface area contributed by atoms with Crippen molar-refractivity contribution < 1.29 is 15.0 Å². The molecule has 0 aliphatic heterocycles. The molecule has 0 saturated carbocycles. The molecular weight excluding hydrogens is 192 g/mol. The van der Waals surface area contributed by atoms with Gasteiger partial charge >= 0.3 is 5.97 Å². The first-order chi connectivity index (χ1) is 7.27. The van der Waals surface area contributed by atoms with Gasteiger partial charge in [0.05, 0.1) is 0 Å². The molecule has 0 aliphatic carbocycles. The lowest BCUT2D eigenvalue weighted by Crippen LogP contribution is -1.93. The van der Waals surface area contributed by atoms with Crippen molar-refractivity contribution in [3.05, 3.63) is 0 Å². The van der Waals surface area contributed by atoms with Crippen LogP contribution in [0.2, 0.25) is 0 Å². The molecular formula is C12H20O3.